The molecule has 2 radical (unpaired) electrons. The summed E-state index contributed by atoms with van der Waals surface area (Å²) in [7, 11) is 3.85. The maximum atomic E-state index is 4.21. The van der Waals surface area contributed by atoms with E-state index < -0.39 is 0 Å². The molecular weight excluding hydrogens is 498 g/mol. The van der Waals surface area contributed by atoms with Crippen molar-refractivity contribution in [2.45, 2.75) is 27.7 Å². The normalized spacial score (nSPS) is 8.79. The zero-order chi connectivity index (χ0) is 19.4. The van der Waals surface area contributed by atoms with Crippen molar-refractivity contribution in [3.05, 3.63) is 73.8 Å². The van der Waals surface area contributed by atoms with E-state index in [1.54, 1.807) is 4.68 Å². The largest absolute Gasteiger partial charge is 0.335 e. The Kier molecular flexibility index (Phi) is 18.6. The van der Waals surface area contributed by atoms with E-state index in [4.69, 9.17) is 0 Å². The minimum atomic E-state index is 0. The van der Waals surface area contributed by atoms with Crippen LogP contribution in [-0.2, 0) is 79.5 Å². The first kappa shape index (κ1) is 29.8. The first-order chi connectivity index (χ1) is 12.6. The second kappa shape index (κ2) is 17.4. The summed E-state index contributed by atoms with van der Waals surface area (Å²) in [5.41, 5.74) is 2.18. The van der Waals surface area contributed by atoms with Crippen LogP contribution in [0.1, 0.15) is 27.7 Å². The Morgan fingerprint density at radius 1 is 0.857 bits per heavy atom. The summed E-state index contributed by atoms with van der Waals surface area (Å²) in [5, 5.41) is 10.6. The number of aryl methyl sites for hydroxylation is 2. The molecule has 0 bridgehead atoms. The second-order valence-electron chi connectivity index (χ2n) is 5.70. The number of rotatable bonds is 0. The molecule has 146 valence electrons. The van der Waals surface area contributed by atoms with E-state index in [2.05, 4.69) is 22.3 Å². The summed E-state index contributed by atoms with van der Waals surface area (Å²) < 4.78 is 3.65. The standard InChI is InChI=1S/2C8H7N2.2C3H7.2Y/c1-10-6-7-4-2-3-5-8(7)9-10;1-10-8-5-3-2-4-7(8)6-9-10;2*1-3-2;;/h2*3-6H,1H3;2*3H,1-2H3;;/q4*-1;;. The van der Waals surface area contributed by atoms with E-state index in [1.807, 2.05) is 108 Å². The van der Waals surface area contributed by atoms with Gasteiger partial charge in [0, 0.05) is 85.7 Å². The van der Waals surface area contributed by atoms with Crippen LogP contribution in [0.25, 0.3) is 21.8 Å². The monoisotopic (exact) mass is 526 g/mol. The third-order valence-electron chi connectivity index (χ3n) is 3.05. The quantitative estimate of drug-likeness (QED) is 0.296. The van der Waals surface area contributed by atoms with E-state index in [0.29, 0.717) is 0 Å². The molecule has 0 fully saturated rings. The summed E-state index contributed by atoms with van der Waals surface area (Å²) in [5.74, 6) is 0. The van der Waals surface area contributed by atoms with Gasteiger partial charge in [0.05, 0.1) is 0 Å². The van der Waals surface area contributed by atoms with Crippen molar-refractivity contribution >= 4 is 21.8 Å². The molecule has 2 aromatic heterocycles. The zero-order valence-corrected chi connectivity index (χ0v) is 23.4. The summed E-state index contributed by atoms with van der Waals surface area (Å²) in [6.07, 6.45) is 7.82. The molecule has 6 heteroatoms. The zero-order valence-electron chi connectivity index (χ0n) is 17.7. The van der Waals surface area contributed by atoms with Gasteiger partial charge in [0.25, 0.3) is 0 Å². The Morgan fingerprint density at radius 3 is 1.93 bits per heavy atom. The number of aromatic nitrogens is 4. The number of benzene rings is 2. The number of fused-ring (bicyclic) bond motifs is 2. The van der Waals surface area contributed by atoms with Crippen molar-refractivity contribution in [3.8, 4) is 0 Å². The van der Waals surface area contributed by atoms with Gasteiger partial charge in [-0.15, -0.1) is 12.1 Å². The van der Waals surface area contributed by atoms with Crippen LogP contribution in [0.3, 0.4) is 0 Å². The Morgan fingerprint density at radius 2 is 1.39 bits per heavy atom. The fourth-order valence-electron chi connectivity index (χ4n) is 2.07. The molecule has 0 amide bonds. The van der Waals surface area contributed by atoms with E-state index in [1.165, 1.54) is 0 Å². The SMILES string of the molecule is C[CH-]C.C[CH-]C.Cn1cc2c[c-]ccc2n1.Cn1ncc2c[c-]ccc21.[Y].[Y]. The van der Waals surface area contributed by atoms with E-state index in [9.17, 15) is 0 Å². The Balaban J connectivity index is 0. The van der Waals surface area contributed by atoms with Gasteiger partial charge in [-0.2, -0.15) is 69.2 Å². The van der Waals surface area contributed by atoms with E-state index in [-0.39, 0.29) is 65.4 Å². The van der Waals surface area contributed by atoms with Crippen molar-refractivity contribution < 1.29 is 65.4 Å². The Hall–Kier alpha value is -0.412. The maximum absolute atomic E-state index is 4.21. The van der Waals surface area contributed by atoms with Crippen molar-refractivity contribution in [3.63, 3.8) is 0 Å². The van der Waals surface area contributed by atoms with Crippen molar-refractivity contribution in [2.24, 2.45) is 14.1 Å². The van der Waals surface area contributed by atoms with Crippen LogP contribution in [0.5, 0.6) is 0 Å². The van der Waals surface area contributed by atoms with E-state index in [0.717, 1.165) is 21.8 Å². The molecule has 2 aromatic carbocycles. The fraction of sp³-hybridized carbons (Fsp3) is 0.273. The summed E-state index contributed by atoms with van der Waals surface area (Å²) >= 11 is 0. The molecule has 4 aromatic rings. The van der Waals surface area contributed by atoms with Crippen LogP contribution in [0.15, 0.2) is 48.8 Å². The molecule has 0 spiro atoms. The van der Waals surface area contributed by atoms with Crippen molar-refractivity contribution in [1.82, 2.24) is 19.6 Å². The number of hydrogen-bond donors (Lipinski definition) is 0. The molecule has 0 atom stereocenters. The van der Waals surface area contributed by atoms with Gasteiger partial charge in [-0.3, -0.25) is 9.36 Å². The van der Waals surface area contributed by atoms with Crippen molar-refractivity contribution in [1.29, 1.82) is 0 Å². The van der Waals surface area contributed by atoms with Gasteiger partial charge in [0.1, 0.15) is 0 Å². The molecular formula is C22H28N4Y2-4. The number of hydrogen-bond acceptors (Lipinski definition) is 2. The third kappa shape index (κ3) is 10.4. The molecule has 0 aliphatic heterocycles. The summed E-state index contributed by atoms with van der Waals surface area (Å²) in [6.45, 7) is 8.00. The average Bonchev–Trinajstić information content (AvgIpc) is 3.19. The first-order valence-electron chi connectivity index (χ1n) is 8.62. The van der Waals surface area contributed by atoms with Crippen LogP contribution >= 0.6 is 0 Å². The topological polar surface area (TPSA) is 35.6 Å². The maximum Gasteiger partial charge on any atom is 0.0284 e. The summed E-state index contributed by atoms with van der Waals surface area (Å²) in [4.78, 5) is 0. The van der Waals surface area contributed by atoms with Crippen LogP contribution in [0.4, 0.5) is 0 Å². The van der Waals surface area contributed by atoms with Crippen LogP contribution in [0, 0.1) is 25.0 Å². The molecule has 0 aliphatic carbocycles. The van der Waals surface area contributed by atoms with Gasteiger partial charge < -0.3 is 12.8 Å². The van der Waals surface area contributed by atoms with Crippen LogP contribution < -0.4 is 0 Å². The van der Waals surface area contributed by atoms with Gasteiger partial charge in [-0.25, -0.2) is 5.10 Å². The number of nitrogens with zero attached hydrogens (tertiary/aromatic N) is 4. The minimum Gasteiger partial charge on any atom is -0.335 e. The Labute approximate surface area is 220 Å². The molecule has 4 rings (SSSR count). The second-order valence-corrected chi connectivity index (χ2v) is 5.70. The third-order valence-corrected chi connectivity index (χ3v) is 3.05. The average molecular weight is 526 g/mol. The fourth-order valence-corrected chi connectivity index (χ4v) is 2.07. The molecule has 0 saturated carbocycles. The van der Waals surface area contributed by atoms with E-state index >= 15 is 0 Å². The predicted octanol–water partition coefficient (Wildman–Crippen LogP) is 5.20. The predicted molar refractivity (Wildman–Crippen MR) is 110 cm³/mol. The first-order valence-corrected chi connectivity index (χ1v) is 8.62. The summed E-state index contributed by atoms with van der Waals surface area (Å²) in [6, 6.07) is 17.6. The van der Waals surface area contributed by atoms with Crippen molar-refractivity contribution in [2.75, 3.05) is 0 Å². The van der Waals surface area contributed by atoms with Gasteiger partial charge in [-0.1, -0.05) is 10.8 Å². The Bertz CT molecular complexity index is 841. The van der Waals surface area contributed by atoms with Gasteiger partial charge in [0.2, 0.25) is 0 Å². The van der Waals surface area contributed by atoms with Gasteiger partial charge in [-0.05, 0) is 17.2 Å². The molecule has 4 nitrogen and oxygen atoms in total. The molecule has 0 aliphatic rings. The molecule has 0 unspecified atom stereocenters. The molecule has 28 heavy (non-hydrogen) atoms. The minimum absolute atomic E-state index is 0. The van der Waals surface area contributed by atoms with Gasteiger partial charge in [0.15, 0.2) is 0 Å². The van der Waals surface area contributed by atoms with Crippen LogP contribution in [0.2, 0.25) is 0 Å². The smallest absolute Gasteiger partial charge is 0.0284 e. The van der Waals surface area contributed by atoms with Crippen LogP contribution in [-0.4, -0.2) is 19.6 Å². The van der Waals surface area contributed by atoms with Gasteiger partial charge >= 0.3 is 0 Å². The molecule has 2 heterocycles. The molecule has 0 saturated heterocycles. The molecule has 0 N–H and O–H groups in total.